The molecule has 0 atom stereocenters. The van der Waals surface area contributed by atoms with E-state index in [0.29, 0.717) is 12.1 Å². The Balaban J connectivity index is 2.43. The Labute approximate surface area is 89.0 Å². The number of carbonyl (C=O) groups is 1. The van der Waals surface area contributed by atoms with Crippen molar-refractivity contribution in [1.29, 1.82) is 0 Å². The van der Waals surface area contributed by atoms with Gasteiger partial charge in [0.05, 0.1) is 12.7 Å². The van der Waals surface area contributed by atoms with E-state index in [1.165, 1.54) is 7.11 Å². The summed E-state index contributed by atoms with van der Waals surface area (Å²) in [4.78, 5) is 13.4. The van der Waals surface area contributed by atoms with Crippen LogP contribution in [0.25, 0.3) is 6.08 Å². The van der Waals surface area contributed by atoms with E-state index in [9.17, 15) is 4.79 Å². The second-order valence-electron chi connectivity index (χ2n) is 3.58. The summed E-state index contributed by atoms with van der Waals surface area (Å²) in [6, 6.07) is 7.99. The summed E-state index contributed by atoms with van der Waals surface area (Å²) in [7, 11) is 3.37. The number of carbonyl (C=O) groups excluding carboxylic acids is 1. The molecule has 0 N–H and O–H groups in total. The molecule has 1 aliphatic rings. The number of benzene rings is 1. The summed E-state index contributed by atoms with van der Waals surface area (Å²) in [6.07, 6.45) is 1.89. The first-order valence-electron chi connectivity index (χ1n) is 4.81. The lowest BCUT2D eigenvalue weighted by Crippen LogP contribution is -2.27. The molecule has 15 heavy (non-hydrogen) atoms. The molecule has 3 nitrogen and oxygen atoms in total. The molecule has 78 valence electrons. The molecule has 1 heterocycles. The normalized spacial score (nSPS) is 14.3. The number of hydrogen-bond donors (Lipinski definition) is 0. The first-order chi connectivity index (χ1) is 7.22. The molecule has 0 aromatic heterocycles. The number of methoxy groups -OCH3 is 1. The second kappa shape index (κ2) is 3.77. The molecule has 1 aliphatic heterocycles. The Hall–Kier alpha value is -1.77. The molecule has 0 amide bonds. The van der Waals surface area contributed by atoms with Crippen molar-refractivity contribution in [2.75, 3.05) is 25.6 Å². The van der Waals surface area contributed by atoms with Crippen LogP contribution in [-0.4, -0.2) is 26.7 Å². The van der Waals surface area contributed by atoms with Crippen LogP contribution >= 0.6 is 0 Å². The third-order valence-electron chi connectivity index (χ3n) is 2.53. The van der Waals surface area contributed by atoms with Crippen molar-refractivity contribution in [3.8, 4) is 0 Å². The summed E-state index contributed by atoms with van der Waals surface area (Å²) in [5.74, 6) is -0.253. The first-order valence-corrected chi connectivity index (χ1v) is 4.81. The van der Waals surface area contributed by atoms with Crippen molar-refractivity contribution in [3.05, 3.63) is 35.4 Å². The number of ether oxygens (including phenoxy) is 1. The van der Waals surface area contributed by atoms with E-state index >= 15 is 0 Å². The van der Waals surface area contributed by atoms with Gasteiger partial charge in [0.1, 0.15) is 0 Å². The van der Waals surface area contributed by atoms with Gasteiger partial charge in [-0.2, -0.15) is 0 Å². The zero-order chi connectivity index (χ0) is 10.8. The molecule has 0 fully saturated rings. The average molecular weight is 203 g/mol. The largest absolute Gasteiger partial charge is 0.466 e. The maximum atomic E-state index is 11.4. The van der Waals surface area contributed by atoms with Crippen LogP contribution in [0.2, 0.25) is 0 Å². The molecule has 0 saturated carbocycles. The van der Waals surface area contributed by atoms with Gasteiger partial charge in [-0.05, 0) is 17.7 Å². The molecule has 0 unspecified atom stereocenters. The minimum absolute atomic E-state index is 0.253. The summed E-state index contributed by atoms with van der Waals surface area (Å²) < 4.78 is 4.72. The van der Waals surface area contributed by atoms with Crippen LogP contribution in [0.15, 0.2) is 29.8 Å². The smallest absolute Gasteiger partial charge is 0.335 e. The number of likely N-dealkylation sites (N-methyl/N-ethyl adjacent to an activating group) is 1. The van der Waals surface area contributed by atoms with E-state index in [0.717, 1.165) is 11.3 Å². The van der Waals surface area contributed by atoms with Crippen LogP contribution < -0.4 is 4.90 Å². The summed E-state index contributed by atoms with van der Waals surface area (Å²) in [6.45, 7) is 0.601. The maximum Gasteiger partial charge on any atom is 0.335 e. The highest BCUT2D eigenvalue weighted by molar-refractivity contribution is 5.97. The molecule has 0 aliphatic carbocycles. The zero-order valence-corrected chi connectivity index (χ0v) is 8.86. The van der Waals surface area contributed by atoms with Crippen molar-refractivity contribution in [2.45, 2.75) is 0 Å². The highest BCUT2D eigenvalue weighted by Gasteiger charge is 2.19. The van der Waals surface area contributed by atoms with E-state index in [4.69, 9.17) is 4.74 Å². The minimum atomic E-state index is -0.253. The molecule has 1 aromatic carbocycles. The molecule has 2 rings (SSSR count). The fourth-order valence-corrected chi connectivity index (χ4v) is 1.79. The van der Waals surface area contributed by atoms with Gasteiger partial charge in [-0.15, -0.1) is 0 Å². The number of esters is 1. The Morgan fingerprint density at radius 3 is 2.87 bits per heavy atom. The van der Waals surface area contributed by atoms with E-state index in [1.807, 2.05) is 42.3 Å². The van der Waals surface area contributed by atoms with E-state index in [-0.39, 0.29) is 5.97 Å². The molecule has 0 bridgehead atoms. The number of anilines is 1. The number of nitrogens with zero attached hydrogens (tertiary/aromatic N) is 1. The second-order valence-corrected chi connectivity index (χ2v) is 3.58. The molecule has 0 radical (unpaired) electrons. The topological polar surface area (TPSA) is 29.5 Å². The average Bonchev–Trinajstić information content (AvgIpc) is 2.28. The lowest BCUT2D eigenvalue weighted by atomic mass is 10.0. The van der Waals surface area contributed by atoms with Gasteiger partial charge in [-0.25, -0.2) is 4.79 Å². The fraction of sp³-hybridized carbons (Fsp3) is 0.250. The quantitative estimate of drug-likeness (QED) is 0.650. The van der Waals surface area contributed by atoms with Crippen molar-refractivity contribution in [1.82, 2.24) is 0 Å². The van der Waals surface area contributed by atoms with Crippen LogP contribution in [0.5, 0.6) is 0 Å². The Morgan fingerprint density at radius 1 is 1.40 bits per heavy atom. The lowest BCUT2D eigenvalue weighted by molar-refractivity contribution is -0.136. The zero-order valence-electron chi connectivity index (χ0n) is 8.86. The van der Waals surface area contributed by atoms with Crippen molar-refractivity contribution < 1.29 is 9.53 Å². The predicted molar refractivity (Wildman–Crippen MR) is 59.7 cm³/mol. The summed E-state index contributed by atoms with van der Waals surface area (Å²) in [5, 5.41) is 0. The van der Waals surface area contributed by atoms with Gasteiger partial charge < -0.3 is 9.64 Å². The summed E-state index contributed by atoms with van der Waals surface area (Å²) >= 11 is 0. The van der Waals surface area contributed by atoms with Gasteiger partial charge in [0.15, 0.2) is 0 Å². The van der Waals surface area contributed by atoms with Crippen LogP contribution in [0.3, 0.4) is 0 Å². The Kier molecular flexibility index (Phi) is 2.46. The Morgan fingerprint density at radius 2 is 2.13 bits per heavy atom. The molecular weight excluding hydrogens is 190 g/mol. The van der Waals surface area contributed by atoms with Gasteiger partial charge in [0.2, 0.25) is 0 Å². The van der Waals surface area contributed by atoms with Crippen molar-refractivity contribution >= 4 is 17.7 Å². The van der Waals surface area contributed by atoms with E-state index in [1.54, 1.807) is 0 Å². The summed E-state index contributed by atoms with van der Waals surface area (Å²) in [5.41, 5.74) is 2.90. The van der Waals surface area contributed by atoms with Crippen molar-refractivity contribution in [3.63, 3.8) is 0 Å². The van der Waals surface area contributed by atoms with Gasteiger partial charge >= 0.3 is 5.97 Å². The van der Waals surface area contributed by atoms with Crippen molar-refractivity contribution in [2.24, 2.45) is 0 Å². The Bertz CT molecular complexity index is 423. The molecule has 3 heteroatoms. The van der Waals surface area contributed by atoms with Gasteiger partial charge in [0.25, 0.3) is 0 Å². The van der Waals surface area contributed by atoms with Crippen LogP contribution in [-0.2, 0) is 9.53 Å². The maximum absolute atomic E-state index is 11.4. The van der Waals surface area contributed by atoms with Gasteiger partial charge in [-0.3, -0.25) is 0 Å². The van der Waals surface area contributed by atoms with Gasteiger partial charge in [-0.1, -0.05) is 18.2 Å². The SMILES string of the molecule is COC(=O)C1=Cc2ccccc2N(C)C1. The van der Waals surface area contributed by atoms with E-state index in [2.05, 4.69) is 0 Å². The molecule has 1 aromatic rings. The monoisotopic (exact) mass is 203 g/mol. The van der Waals surface area contributed by atoms with Crippen LogP contribution in [0, 0.1) is 0 Å². The lowest BCUT2D eigenvalue weighted by Gasteiger charge is -2.26. The van der Waals surface area contributed by atoms with Crippen LogP contribution in [0.1, 0.15) is 5.56 Å². The minimum Gasteiger partial charge on any atom is -0.466 e. The predicted octanol–water partition coefficient (Wildman–Crippen LogP) is 1.69. The third kappa shape index (κ3) is 1.73. The highest BCUT2D eigenvalue weighted by Crippen LogP contribution is 2.27. The molecular formula is C12H13NO2. The highest BCUT2D eigenvalue weighted by atomic mass is 16.5. The molecule has 0 saturated heterocycles. The van der Waals surface area contributed by atoms with Gasteiger partial charge in [0, 0.05) is 19.3 Å². The molecule has 0 spiro atoms. The standard InChI is InChI=1S/C12H13NO2/c1-13-8-10(12(14)15-2)7-9-5-3-4-6-11(9)13/h3-7H,8H2,1-2H3. The third-order valence-corrected chi connectivity index (χ3v) is 2.53. The number of hydrogen-bond acceptors (Lipinski definition) is 3. The number of rotatable bonds is 1. The van der Waals surface area contributed by atoms with E-state index < -0.39 is 0 Å². The number of fused-ring (bicyclic) bond motifs is 1. The number of para-hydroxylation sites is 1. The fourth-order valence-electron chi connectivity index (χ4n) is 1.79. The van der Waals surface area contributed by atoms with Crippen LogP contribution in [0.4, 0.5) is 5.69 Å². The first kappa shape index (κ1) is 9.77.